The Morgan fingerprint density at radius 2 is 1.90 bits per heavy atom. The third-order valence-electron chi connectivity index (χ3n) is 4.67. The molecule has 1 atom stereocenters. The van der Waals surface area contributed by atoms with E-state index < -0.39 is 0 Å². The van der Waals surface area contributed by atoms with Gasteiger partial charge in [0.15, 0.2) is 0 Å². The monoisotopic (exact) mass is 296 g/mol. The second-order valence-corrected chi connectivity index (χ2v) is 6.38. The van der Waals surface area contributed by atoms with E-state index in [0.717, 1.165) is 31.7 Å². The predicted molar refractivity (Wildman–Crippen MR) is 80.6 cm³/mol. The van der Waals surface area contributed by atoms with E-state index in [9.17, 15) is 4.39 Å². The highest BCUT2D eigenvalue weighted by Crippen LogP contribution is 2.40. The van der Waals surface area contributed by atoms with E-state index in [-0.39, 0.29) is 11.9 Å². The Labute approximate surface area is 125 Å². The Morgan fingerprint density at radius 1 is 1.20 bits per heavy atom. The SMILES string of the molecule is Fc1cc(Cl)ccc1[C@@H](C1CCCC1)N1CCNCC1. The Morgan fingerprint density at radius 3 is 2.55 bits per heavy atom. The minimum atomic E-state index is -0.145. The minimum absolute atomic E-state index is 0.145. The summed E-state index contributed by atoms with van der Waals surface area (Å²) in [5.41, 5.74) is 0.836. The third kappa shape index (κ3) is 3.00. The number of nitrogens with zero attached hydrogens (tertiary/aromatic N) is 1. The lowest BCUT2D eigenvalue weighted by atomic mass is 9.89. The molecule has 1 aliphatic carbocycles. The summed E-state index contributed by atoms with van der Waals surface area (Å²) in [6, 6.07) is 5.39. The molecule has 3 rings (SSSR count). The molecule has 1 heterocycles. The maximum Gasteiger partial charge on any atom is 0.129 e. The molecule has 0 amide bonds. The van der Waals surface area contributed by atoms with Gasteiger partial charge in [0.05, 0.1) is 0 Å². The van der Waals surface area contributed by atoms with Crippen molar-refractivity contribution in [3.05, 3.63) is 34.6 Å². The number of hydrogen-bond donors (Lipinski definition) is 1. The lowest BCUT2D eigenvalue weighted by Crippen LogP contribution is -2.46. The van der Waals surface area contributed by atoms with Gasteiger partial charge in [-0.05, 0) is 30.9 Å². The first-order valence-corrected chi connectivity index (χ1v) is 8.03. The fourth-order valence-electron chi connectivity index (χ4n) is 3.72. The average molecular weight is 297 g/mol. The zero-order valence-electron chi connectivity index (χ0n) is 11.7. The van der Waals surface area contributed by atoms with E-state index in [4.69, 9.17) is 11.6 Å². The van der Waals surface area contributed by atoms with Crippen molar-refractivity contribution in [1.82, 2.24) is 10.2 Å². The lowest BCUT2D eigenvalue weighted by molar-refractivity contribution is 0.122. The topological polar surface area (TPSA) is 15.3 Å². The summed E-state index contributed by atoms with van der Waals surface area (Å²) >= 11 is 5.90. The molecule has 0 aromatic heterocycles. The smallest absolute Gasteiger partial charge is 0.129 e. The van der Waals surface area contributed by atoms with Crippen LogP contribution in [0.25, 0.3) is 0 Å². The van der Waals surface area contributed by atoms with Gasteiger partial charge >= 0.3 is 0 Å². The number of benzene rings is 1. The maximum absolute atomic E-state index is 14.4. The van der Waals surface area contributed by atoms with E-state index in [2.05, 4.69) is 10.2 Å². The van der Waals surface area contributed by atoms with Crippen LogP contribution in [0.2, 0.25) is 5.02 Å². The van der Waals surface area contributed by atoms with E-state index in [0.29, 0.717) is 10.9 Å². The largest absolute Gasteiger partial charge is 0.314 e. The van der Waals surface area contributed by atoms with Crippen LogP contribution in [0.5, 0.6) is 0 Å². The molecule has 20 heavy (non-hydrogen) atoms. The molecule has 1 saturated carbocycles. The van der Waals surface area contributed by atoms with Crippen molar-refractivity contribution in [3.8, 4) is 0 Å². The zero-order chi connectivity index (χ0) is 13.9. The number of piperazine rings is 1. The van der Waals surface area contributed by atoms with Crippen LogP contribution >= 0.6 is 11.6 Å². The van der Waals surface area contributed by atoms with Crippen molar-refractivity contribution in [2.75, 3.05) is 26.2 Å². The number of nitrogens with one attached hydrogen (secondary N) is 1. The van der Waals surface area contributed by atoms with E-state index >= 15 is 0 Å². The Hall–Kier alpha value is -0.640. The summed E-state index contributed by atoms with van der Waals surface area (Å²) in [6.07, 6.45) is 5.00. The van der Waals surface area contributed by atoms with Gasteiger partial charge in [0.2, 0.25) is 0 Å². The Bertz CT molecular complexity index is 454. The molecule has 0 unspecified atom stereocenters. The molecule has 1 saturated heterocycles. The van der Waals surface area contributed by atoms with E-state index in [1.807, 2.05) is 12.1 Å². The second-order valence-electron chi connectivity index (χ2n) is 5.94. The average Bonchev–Trinajstić information content (AvgIpc) is 2.97. The number of hydrogen-bond acceptors (Lipinski definition) is 2. The summed E-state index contributed by atoms with van der Waals surface area (Å²) < 4.78 is 14.4. The van der Waals surface area contributed by atoms with E-state index in [1.54, 1.807) is 0 Å². The van der Waals surface area contributed by atoms with Gasteiger partial charge in [0, 0.05) is 42.8 Å². The quantitative estimate of drug-likeness (QED) is 0.916. The molecule has 2 fully saturated rings. The van der Waals surface area contributed by atoms with Gasteiger partial charge in [-0.3, -0.25) is 4.90 Å². The second kappa shape index (κ2) is 6.42. The molecule has 0 radical (unpaired) electrons. The maximum atomic E-state index is 14.4. The molecule has 0 bridgehead atoms. The summed E-state index contributed by atoms with van der Waals surface area (Å²) in [6.45, 7) is 4.00. The van der Waals surface area contributed by atoms with Gasteiger partial charge in [-0.25, -0.2) is 4.39 Å². The standard InChI is InChI=1S/C16H22ClFN2/c17-13-5-6-14(15(18)11-13)16(12-3-1-2-4-12)20-9-7-19-8-10-20/h5-6,11-12,16,19H,1-4,7-10H2/t16-/m1/s1. The third-order valence-corrected chi connectivity index (χ3v) is 4.91. The molecule has 1 aromatic rings. The van der Waals surface area contributed by atoms with Crippen molar-refractivity contribution < 1.29 is 4.39 Å². The molecule has 0 spiro atoms. The van der Waals surface area contributed by atoms with Crippen LogP contribution in [0.1, 0.15) is 37.3 Å². The van der Waals surface area contributed by atoms with Crippen molar-refractivity contribution in [3.63, 3.8) is 0 Å². The Kier molecular flexibility index (Phi) is 4.59. The van der Waals surface area contributed by atoms with Gasteiger partial charge in [-0.15, -0.1) is 0 Å². The number of rotatable bonds is 3. The molecule has 1 aliphatic heterocycles. The fraction of sp³-hybridized carbons (Fsp3) is 0.625. The first-order chi connectivity index (χ1) is 9.75. The molecular formula is C16H22ClFN2. The van der Waals surface area contributed by atoms with Crippen molar-refractivity contribution >= 4 is 11.6 Å². The molecule has 4 heteroatoms. The van der Waals surface area contributed by atoms with Gasteiger partial charge in [0.25, 0.3) is 0 Å². The summed E-state index contributed by atoms with van der Waals surface area (Å²) in [5.74, 6) is 0.441. The summed E-state index contributed by atoms with van der Waals surface area (Å²) in [7, 11) is 0. The highest BCUT2D eigenvalue weighted by Gasteiger charge is 2.33. The molecule has 2 aliphatic rings. The van der Waals surface area contributed by atoms with Gasteiger partial charge in [0.1, 0.15) is 5.82 Å². The number of halogens is 2. The van der Waals surface area contributed by atoms with Crippen LogP contribution in [-0.2, 0) is 0 Å². The Balaban J connectivity index is 1.90. The highest BCUT2D eigenvalue weighted by molar-refractivity contribution is 6.30. The summed E-state index contributed by atoms with van der Waals surface area (Å²) in [4.78, 5) is 2.46. The van der Waals surface area contributed by atoms with Gasteiger partial charge < -0.3 is 5.32 Å². The highest BCUT2D eigenvalue weighted by atomic mass is 35.5. The molecule has 1 aromatic carbocycles. The predicted octanol–water partition coefficient (Wildman–Crippen LogP) is 3.62. The van der Waals surface area contributed by atoms with Gasteiger partial charge in [-0.1, -0.05) is 30.5 Å². The normalized spacial score (nSPS) is 23.1. The van der Waals surface area contributed by atoms with Crippen molar-refractivity contribution in [1.29, 1.82) is 0 Å². The minimum Gasteiger partial charge on any atom is -0.314 e. The first-order valence-electron chi connectivity index (χ1n) is 7.65. The molecule has 2 nitrogen and oxygen atoms in total. The van der Waals surface area contributed by atoms with Crippen LogP contribution in [0, 0.1) is 11.7 Å². The lowest BCUT2D eigenvalue weighted by Gasteiger charge is -2.38. The molecular weight excluding hydrogens is 275 g/mol. The van der Waals surface area contributed by atoms with Crippen LogP contribution in [-0.4, -0.2) is 31.1 Å². The van der Waals surface area contributed by atoms with Gasteiger partial charge in [-0.2, -0.15) is 0 Å². The van der Waals surface area contributed by atoms with Crippen LogP contribution in [0.15, 0.2) is 18.2 Å². The zero-order valence-corrected chi connectivity index (χ0v) is 12.5. The fourth-order valence-corrected chi connectivity index (χ4v) is 3.88. The summed E-state index contributed by atoms with van der Waals surface area (Å²) in [5, 5.41) is 3.86. The van der Waals surface area contributed by atoms with Crippen molar-refractivity contribution in [2.24, 2.45) is 5.92 Å². The first kappa shape index (κ1) is 14.3. The van der Waals surface area contributed by atoms with Crippen LogP contribution in [0.4, 0.5) is 4.39 Å². The van der Waals surface area contributed by atoms with E-state index in [1.165, 1.54) is 31.7 Å². The van der Waals surface area contributed by atoms with Crippen LogP contribution < -0.4 is 5.32 Å². The van der Waals surface area contributed by atoms with Crippen LogP contribution in [0.3, 0.4) is 0 Å². The van der Waals surface area contributed by atoms with Crippen molar-refractivity contribution in [2.45, 2.75) is 31.7 Å². The molecule has 1 N–H and O–H groups in total. The molecule has 110 valence electrons.